The summed E-state index contributed by atoms with van der Waals surface area (Å²) in [6.45, 7) is 10.6. The van der Waals surface area contributed by atoms with Crippen LogP contribution in [0, 0.1) is 26.6 Å². The van der Waals surface area contributed by atoms with Gasteiger partial charge in [0.15, 0.2) is 0 Å². The molecule has 0 saturated heterocycles. The van der Waals surface area contributed by atoms with Gasteiger partial charge >= 0.3 is 0 Å². The van der Waals surface area contributed by atoms with Crippen molar-refractivity contribution in [2.45, 2.75) is 53.6 Å². The van der Waals surface area contributed by atoms with Crippen molar-refractivity contribution in [2.24, 2.45) is 0 Å². The van der Waals surface area contributed by atoms with Crippen molar-refractivity contribution in [2.75, 3.05) is 0 Å². The van der Waals surface area contributed by atoms with Gasteiger partial charge in [0.05, 0.1) is 0 Å². The van der Waals surface area contributed by atoms with E-state index in [4.69, 9.17) is 0 Å². The van der Waals surface area contributed by atoms with Crippen LogP contribution in [0.4, 0.5) is 4.39 Å². The van der Waals surface area contributed by atoms with Gasteiger partial charge in [-0.25, -0.2) is 4.39 Å². The number of nitrogens with zero attached hydrogens (tertiary/aromatic N) is 1. The maximum atomic E-state index is 13.1. The molecule has 1 N–H and O–H groups in total. The predicted octanol–water partition coefficient (Wildman–Crippen LogP) is 4.13. The van der Waals surface area contributed by atoms with Gasteiger partial charge in [-0.1, -0.05) is 19.1 Å². The van der Waals surface area contributed by atoms with E-state index in [0.717, 1.165) is 28.8 Å². The smallest absolute Gasteiger partial charge is 0.268 e. The van der Waals surface area contributed by atoms with Crippen LogP contribution in [0.1, 0.15) is 53.1 Å². The molecule has 4 heteroatoms. The Labute approximate surface area is 137 Å². The van der Waals surface area contributed by atoms with E-state index in [9.17, 15) is 9.18 Å². The lowest BCUT2D eigenvalue weighted by Crippen LogP contribution is -2.34. The summed E-state index contributed by atoms with van der Waals surface area (Å²) in [5, 5.41) is 3.04. The molecule has 0 radical (unpaired) electrons. The molecule has 1 amide bonds. The molecular formula is C19H25FN2O. The molecule has 0 bridgehead atoms. The Bertz CT molecular complexity index is 701. The molecule has 1 atom stereocenters. The lowest BCUT2D eigenvalue weighted by molar-refractivity contribution is 0.0929. The third-order valence-corrected chi connectivity index (χ3v) is 4.59. The maximum absolute atomic E-state index is 13.1. The highest BCUT2D eigenvalue weighted by Crippen LogP contribution is 2.23. The van der Waals surface area contributed by atoms with Crippen molar-refractivity contribution < 1.29 is 9.18 Å². The van der Waals surface area contributed by atoms with Gasteiger partial charge in [0.1, 0.15) is 11.5 Å². The molecule has 0 fully saturated rings. The first-order valence-electron chi connectivity index (χ1n) is 8.06. The molecule has 0 aliphatic carbocycles. The van der Waals surface area contributed by atoms with Crippen molar-refractivity contribution in [1.29, 1.82) is 0 Å². The molecule has 1 heterocycles. The van der Waals surface area contributed by atoms with Crippen LogP contribution >= 0.6 is 0 Å². The number of halogens is 1. The molecule has 0 aliphatic heterocycles. The zero-order valence-corrected chi connectivity index (χ0v) is 14.5. The van der Waals surface area contributed by atoms with E-state index in [1.165, 1.54) is 12.1 Å². The first-order valence-corrected chi connectivity index (χ1v) is 8.06. The van der Waals surface area contributed by atoms with Crippen LogP contribution in [-0.2, 0) is 6.54 Å². The quantitative estimate of drug-likeness (QED) is 0.884. The number of rotatable bonds is 5. The highest BCUT2D eigenvalue weighted by molar-refractivity contribution is 5.95. The lowest BCUT2D eigenvalue weighted by atomic mass is 10.1. The zero-order valence-electron chi connectivity index (χ0n) is 14.5. The van der Waals surface area contributed by atoms with Gasteiger partial charge in [-0.2, -0.15) is 0 Å². The first kappa shape index (κ1) is 17.3. The fourth-order valence-electron chi connectivity index (χ4n) is 2.68. The Morgan fingerprint density at radius 2 is 1.78 bits per heavy atom. The van der Waals surface area contributed by atoms with E-state index >= 15 is 0 Å². The minimum absolute atomic E-state index is 0.0461. The number of aromatic nitrogens is 1. The van der Waals surface area contributed by atoms with Gasteiger partial charge in [-0.15, -0.1) is 0 Å². The number of benzene rings is 1. The maximum Gasteiger partial charge on any atom is 0.268 e. The van der Waals surface area contributed by atoms with E-state index in [2.05, 4.69) is 5.32 Å². The molecule has 3 nitrogen and oxygen atoms in total. The van der Waals surface area contributed by atoms with Crippen molar-refractivity contribution in [1.82, 2.24) is 9.88 Å². The van der Waals surface area contributed by atoms with Crippen LogP contribution in [0.3, 0.4) is 0 Å². The normalized spacial score (nSPS) is 12.3. The minimum Gasteiger partial charge on any atom is -0.348 e. The predicted molar refractivity (Wildman–Crippen MR) is 91.4 cm³/mol. The molecule has 0 saturated carbocycles. The molecule has 0 unspecified atom stereocenters. The second-order valence-electron chi connectivity index (χ2n) is 6.18. The fraction of sp³-hybridized carbons (Fsp3) is 0.421. The van der Waals surface area contributed by atoms with Gasteiger partial charge in [0, 0.05) is 18.3 Å². The average Bonchev–Trinajstić information content (AvgIpc) is 2.73. The van der Waals surface area contributed by atoms with E-state index < -0.39 is 0 Å². The van der Waals surface area contributed by atoms with Gasteiger partial charge in [-0.05, 0) is 62.9 Å². The summed E-state index contributed by atoms with van der Waals surface area (Å²) in [7, 11) is 0. The molecule has 124 valence electrons. The number of hydrogen-bond donors (Lipinski definition) is 1. The van der Waals surface area contributed by atoms with Crippen LogP contribution in [0.25, 0.3) is 0 Å². The molecule has 0 aliphatic rings. The molecule has 2 rings (SSSR count). The zero-order chi connectivity index (χ0) is 17.1. The summed E-state index contributed by atoms with van der Waals surface area (Å²) in [6.07, 6.45) is 0.890. The first-order chi connectivity index (χ1) is 10.8. The van der Waals surface area contributed by atoms with Gasteiger partial charge in [-0.3, -0.25) is 4.79 Å². The molecule has 2 aromatic rings. The summed E-state index contributed by atoms with van der Waals surface area (Å²) < 4.78 is 15.1. The number of amides is 1. The van der Waals surface area contributed by atoms with E-state index in [1.807, 2.05) is 39.2 Å². The molecular weight excluding hydrogens is 291 g/mol. The SMILES string of the molecule is CC[C@H](C)NC(=O)c1c(C)c(C)c(C)n1Cc1ccc(F)cc1. The van der Waals surface area contributed by atoms with Crippen molar-refractivity contribution in [3.05, 3.63) is 58.2 Å². The average molecular weight is 316 g/mol. The van der Waals surface area contributed by atoms with Crippen molar-refractivity contribution in [3.63, 3.8) is 0 Å². The Hall–Kier alpha value is -2.10. The van der Waals surface area contributed by atoms with Crippen molar-refractivity contribution in [3.8, 4) is 0 Å². The Morgan fingerprint density at radius 3 is 2.35 bits per heavy atom. The number of nitrogens with one attached hydrogen (secondary N) is 1. The van der Waals surface area contributed by atoms with Gasteiger partial charge in [0.2, 0.25) is 0 Å². The van der Waals surface area contributed by atoms with E-state index in [1.54, 1.807) is 12.1 Å². The summed E-state index contributed by atoms with van der Waals surface area (Å²) in [4.78, 5) is 12.7. The van der Waals surface area contributed by atoms with E-state index in [0.29, 0.717) is 12.2 Å². The highest BCUT2D eigenvalue weighted by Gasteiger charge is 2.21. The highest BCUT2D eigenvalue weighted by atomic mass is 19.1. The lowest BCUT2D eigenvalue weighted by Gasteiger charge is -2.15. The fourth-order valence-corrected chi connectivity index (χ4v) is 2.68. The Morgan fingerprint density at radius 1 is 1.17 bits per heavy atom. The Kier molecular flexibility index (Phi) is 5.24. The van der Waals surface area contributed by atoms with E-state index in [-0.39, 0.29) is 17.8 Å². The Balaban J connectivity index is 2.40. The minimum atomic E-state index is -0.250. The van der Waals surface area contributed by atoms with Crippen LogP contribution < -0.4 is 5.32 Å². The third-order valence-electron chi connectivity index (χ3n) is 4.59. The van der Waals surface area contributed by atoms with Crippen LogP contribution in [-0.4, -0.2) is 16.5 Å². The molecule has 23 heavy (non-hydrogen) atoms. The number of carbonyl (C=O) groups is 1. The number of carbonyl (C=O) groups excluding carboxylic acids is 1. The molecule has 1 aromatic heterocycles. The van der Waals surface area contributed by atoms with Crippen molar-refractivity contribution >= 4 is 5.91 Å². The summed E-state index contributed by atoms with van der Waals surface area (Å²) in [6, 6.07) is 6.56. The molecule has 1 aromatic carbocycles. The summed E-state index contributed by atoms with van der Waals surface area (Å²) in [5.74, 6) is -0.296. The standard InChI is InChI=1S/C19H25FN2O/c1-6-12(2)21-19(23)18-14(4)13(3)15(5)22(18)11-16-7-9-17(20)10-8-16/h7-10,12H,6,11H2,1-5H3,(H,21,23)/t12-/m0/s1. The van der Waals surface area contributed by atoms with Crippen LogP contribution in [0.2, 0.25) is 0 Å². The van der Waals surface area contributed by atoms with Gasteiger partial charge in [0.25, 0.3) is 5.91 Å². The van der Waals surface area contributed by atoms with Gasteiger partial charge < -0.3 is 9.88 Å². The third kappa shape index (κ3) is 3.63. The topological polar surface area (TPSA) is 34.0 Å². The number of hydrogen-bond acceptors (Lipinski definition) is 1. The monoisotopic (exact) mass is 316 g/mol. The molecule has 0 spiro atoms. The summed E-state index contributed by atoms with van der Waals surface area (Å²) >= 11 is 0. The van der Waals surface area contributed by atoms with Crippen LogP contribution in [0.15, 0.2) is 24.3 Å². The second kappa shape index (κ2) is 6.99. The summed E-state index contributed by atoms with van der Waals surface area (Å²) in [5.41, 5.74) is 4.87. The van der Waals surface area contributed by atoms with Crippen LogP contribution in [0.5, 0.6) is 0 Å². The largest absolute Gasteiger partial charge is 0.348 e. The second-order valence-corrected chi connectivity index (χ2v) is 6.18.